The molecule has 1 aromatic heterocycles. The molecule has 0 saturated carbocycles. The van der Waals surface area contributed by atoms with E-state index in [0.717, 1.165) is 16.2 Å². The molecule has 0 aliphatic heterocycles. The van der Waals surface area contributed by atoms with Crippen molar-refractivity contribution in [3.8, 4) is 5.75 Å². The summed E-state index contributed by atoms with van der Waals surface area (Å²) in [5, 5.41) is 14.9. The Bertz CT molecular complexity index is 652. The van der Waals surface area contributed by atoms with E-state index in [1.807, 2.05) is 36.4 Å². The van der Waals surface area contributed by atoms with E-state index in [-0.39, 0.29) is 24.6 Å². The maximum atomic E-state index is 11.8. The van der Waals surface area contributed by atoms with Crippen LogP contribution in [0.1, 0.15) is 0 Å². The van der Waals surface area contributed by atoms with Crippen molar-refractivity contribution in [2.45, 2.75) is 0 Å². The first-order chi connectivity index (χ1) is 7.36. The van der Waals surface area contributed by atoms with Crippen molar-refractivity contribution in [3.63, 3.8) is 0 Å². The molecule has 2 nitrogen and oxygen atoms in total. The van der Waals surface area contributed by atoms with Crippen molar-refractivity contribution in [3.05, 3.63) is 48.7 Å². The standard InChI is InChI=1S/C13H9NO.Li/c15-12-8-9-4-1-2-5-10(9)11-6-3-7-14-13(11)12;/h1-8,15H;/q;+1. The first-order valence-corrected chi connectivity index (χ1v) is 4.85. The van der Waals surface area contributed by atoms with Gasteiger partial charge in [0.05, 0.1) is 5.39 Å². The largest absolute Gasteiger partial charge is 1.00 e. The van der Waals surface area contributed by atoms with Gasteiger partial charge in [-0.25, -0.2) is 4.98 Å². The van der Waals surface area contributed by atoms with Gasteiger partial charge in [0.2, 0.25) is 5.52 Å². The van der Waals surface area contributed by atoms with Crippen LogP contribution in [0.2, 0.25) is 0 Å². The first kappa shape index (κ1) is 11.0. The molecular weight excluding hydrogens is 193 g/mol. The normalized spacial score (nSPS) is 10.2. The number of benzene rings is 2. The second-order valence-electron chi connectivity index (χ2n) is 3.55. The predicted octanol–water partition coefficient (Wildman–Crippen LogP) is -1.12. The Balaban J connectivity index is 0.000000963. The Morgan fingerprint density at radius 3 is 2.56 bits per heavy atom. The number of hydrogen-bond donors (Lipinski definition) is 0. The van der Waals surface area contributed by atoms with Gasteiger partial charge in [-0.3, -0.25) is 0 Å². The molecule has 0 aliphatic carbocycles. The van der Waals surface area contributed by atoms with Gasteiger partial charge in [-0.2, -0.15) is 0 Å². The van der Waals surface area contributed by atoms with Gasteiger partial charge in [0.25, 0.3) is 0 Å². The van der Waals surface area contributed by atoms with Crippen molar-refractivity contribution < 1.29 is 29.0 Å². The number of H-pyrrole nitrogens is 1. The average Bonchev–Trinajstić information content (AvgIpc) is 2.30. The second kappa shape index (κ2) is 4.17. The van der Waals surface area contributed by atoms with Crippen LogP contribution in [0.4, 0.5) is 0 Å². The Kier molecular flexibility index (Phi) is 2.87. The second-order valence-corrected chi connectivity index (χ2v) is 3.55. The van der Waals surface area contributed by atoms with Crippen LogP contribution in [0, 0.1) is 0 Å². The number of nitrogens with one attached hydrogen (secondary N) is 1. The quantitative estimate of drug-likeness (QED) is 0.336. The third-order valence-corrected chi connectivity index (χ3v) is 2.64. The van der Waals surface area contributed by atoms with Crippen LogP contribution in [0.5, 0.6) is 5.75 Å². The predicted molar refractivity (Wildman–Crippen MR) is 57.5 cm³/mol. The minimum atomic E-state index is 0. The van der Waals surface area contributed by atoms with Crippen LogP contribution in [0.15, 0.2) is 48.7 Å². The Morgan fingerprint density at radius 1 is 0.938 bits per heavy atom. The van der Waals surface area contributed by atoms with Gasteiger partial charge < -0.3 is 5.11 Å². The summed E-state index contributed by atoms with van der Waals surface area (Å²) >= 11 is 0. The van der Waals surface area contributed by atoms with Crippen molar-refractivity contribution in [1.82, 2.24) is 0 Å². The van der Waals surface area contributed by atoms with Crippen LogP contribution in [0.3, 0.4) is 0 Å². The summed E-state index contributed by atoms with van der Waals surface area (Å²) in [6.45, 7) is 0. The topological polar surface area (TPSA) is 37.2 Å². The van der Waals surface area contributed by atoms with E-state index < -0.39 is 0 Å². The Hall–Kier alpha value is -1.49. The zero-order valence-electron chi connectivity index (χ0n) is 9.03. The van der Waals surface area contributed by atoms with Crippen LogP contribution in [-0.2, 0) is 0 Å². The van der Waals surface area contributed by atoms with Crippen LogP contribution in [0.25, 0.3) is 21.7 Å². The van der Waals surface area contributed by atoms with Gasteiger partial charge in [0.1, 0.15) is 0 Å². The minimum absolute atomic E-state index is 0. The number of aromatic nitrogens is 1. The van der Waals surface area contributed by atoms with Crippen molar-refractivity contribution in [1.29, 1.82) is 0 Å². The zero-order chi connectivity index (χ0) is 10.3. The molecule has 0 unspecified atom stereocenters. The maximum Gasteiger partial charge on any atom is 1.00 e. The molecule has 3 rings (SSSR count). The monoisotopic (exact) mass is 202 g/mol. The molecule has 1 heterocycles. The van der Waals surface area contributed by atoms with Crippen molar-refractivity contribution >= 4 is 21.7 Å². The first-order valence-electron chi connectivity index (χ1n) is 4.85. The van der Waals surface area contributed by atoms with Gasteiger partial charge in [0, 0.05) is 6.07 Å². The molecule has 2 aromatic carbocycles. The molecule has 16 heavy (non-hydrogen) atoms. The van der Waals surface area contributed by atoms with Gasteiger partial charge >= 0.3 is 18.9 Å². The molecule has 0 aliphatic rings. The third kappa shape index (κ3) is 1.57. The van der Waals surface area contributed by atoms with E-state index in [4.69, 9.17) is 0 Å². The summed E-state index contributed by atoms with van der Waals surface area (Å²) < 4.78 is 0. The summed E-state index contributed by atoms with van der Waals surface area (Å²) in [7, 11) is 0. The molecule has 0 fully saturated rings. The number of pyridine rings is 1. The SMILES string of the molecule is [Li+].[O-]c1cc2ccccc2c2ccc[nH+]c12. The summed E-state index contributed by atoms with van der Waals surface area (Å²) in [5.74, 6) is 0.0456. The van der Waals surface area contributed by atoms with E-state index in [1.54, 1.807) is 12.3 Å². The molecule has 0 bridgehead atoms. The number of fused-ring (bicyclic) bond motifs is 3. The van der Waals surface area contributed by atoms with Gasteiger partial charge in [-0.05, 0) is 22.6 Å². The molecule has 3 heteroatoms. The molecule has 0 radical (unpaired) electrons. The molecule has 0 saturated heterocycles. The van der Waals surface area contributed by atoms with Crippen molar-refractivity contribution in [2.75, 3.05) is 0 Å². The molecule has 72 valence electrons. The van der Waals surface area contributed by atoms with Gasteiger partial charge in [-0.15, -0.1) is 0 Å². The fourth-order valence-electron chi connectivity index (χ4n) is 1.95. The zero-order valence-corrected chi connectivity index (χ0v) is 9.03. The van der Waals surface area contributed by atoms with Crippen LogP contribution < -0.4 is 29.0 Å². The summed E-state index contributed by atoms with van der Waals surface area (Å²) in [6.07, 6.45) is 1.78. The summed E-state index contributed by atoms with van der Waals surface area (Å²) in [4.78, 5) is 3.00. The Morgan fingerprint density at radius 2 is 1.69 bits per heavy atom. The molecule has 0 amide bonds. The molecular formula is C13H9LiNO+. The van der Waals surface area contributed by atoms with Crippen LogP contribution in [-0.4, -0.2) is 0 Å². The minimum Gasteiger partial charge on any atom is -0.868 e. The molecule has 3 aromatic rings. The van der Waals surface area contributed by atoms with E-state index in [1.165, 1.54) is 0 Å². The molecule has 1 N–H and O–H groups in total. The van der Waals surface area contributed by atoms with E-state index in [2.05, 4.69) is 4.98 Å². The average molecular weight is 202 g/mol. The van der Waals surface area contributed by atoms with Gasteiger partial charge in [0.15, 0.2) is 6.20 Å². The Labute approximate surface area is 105 Å². The smallest absolute Gasteiger partial charge is 0.868 e. The van der Waals surface area contributed by atoms with E-state index >= 15 is 0 Å². The van der Waals surface area contributed by atoms with Gasteiger partial charge in [-0.1, -0.05) is 30.3 Å². The maximum absolute atomic E-state index is 11.8. The fraction of sp³-hybridized carbons (Fsp3) is 0. The molecule has 0 atom stereocenters. The summed E-state index contributed by atoms with van der Waals surface area (Å²) in [5.41, 5.74) is 0.677. The third-order valence-electron chi connectivity index (χ3n) is 2.64. The number of hydrogen-bond acceptors (Lipinski definition) is 1. The number of rotatable bonds is 0. The van der Waals surface area contributed by atoms with Crippen LogP contribution >= 0.6 is 0 Å². The number of aromatic amines is 1. The van der Waals surface area contributed by atoms with Crippen molar-refractivity contribution in [2.24, 2.45) is 0 Å². The summed E-state index contributed by atoms with van der Waals surface area (Å²) in [6, 6.07) is 13.5. The van der Waals surface area contributed by atoms with E-state index in [9.17, 15) is 5.11 Å². The van der Waals surface area contributed by atoms with E-state index in [0.29, 0.717) is 5.52 Å². The fourth-order valence-corrected chi connectivity index (χ4v) is 1.95. The molecule has 0 spiro atoms.